The van der Waals surface area contributed by atoms with Gasteiger partial charge in [0.05, 0.1) is 12.6 Å². The van der Waals surface area contributed by atoms with E-state index in [0.29, 0.717) is 18.0 Å². The number of aromatic nitrogens is 1. The first-order valence-corrected chi connectivity index (χ1v) is 8.25. The van der Waals surface area contributed by atoms with Gasteiger partial charge in [-0.05, 0) is 30.7 Å². The Bertz CT molecular complexity index is 885. The van der Waals surface area contributed by atoms with E-state index in [1.165, 1.54) is 5.56 Å². The molecule has 0 radical (unpaired) electrons. The molecule has 1 heterocycles. The van der Waals surface area contributed by atoms with Crippen LogP contribution in [0.1, 0.15) is 21.6 Å². The molecular formula is C20H22N2O3. The molecular weight excluding hydrogens is 316 g/mol. The van der Waals surface area contributed by atoms with Gasteiger partial charge in [0.15, 0.2) is 0 Å². The van der Waals surface area contributed by atoms with Crippen LogP contribution in [0.4, 0.5) is 0 Å². The number of hydrogen-bond acceptors (Lipinski definition) is 3. The Labute approximate surface area is 146 Å². The van der Waals surface area contributed by atoms with Crippen molar-refractivity contribution in [2.24, 2.45) is 7.05 Å². The molecule has 0 saturated heterocycles. The smallest absolute Gasteiger partial charge is 0.352 e. The highest BCUT2D eigenvalue weighted by Crippen LogP contribution is 2.28. The molecule has 2 aromatic carbocycles. The minimum absolute atomic E-state index is 0.315. The quantitative estimate of drug-likeness (QED) is 0.649. The lowest BCUT2D eigenvalue weighted by atomic mass is 10.1. The summed E-state index contributed by atoms with van der Waals surface area (Å²) in [6.07, 6.45) is 0.905. The van der Waals surface area contributed by atoms with Gasteiger partial charge in [-0.25, -0.2) is 4.79 Å². The van der Waals surface area contributed by atoms with Crippen molar-refractivity contribution in [1.82, 2.24) is 9.88 Å². The monoisotopic (exact) mass is 338 g/mol. The number of carboxylic acid groups (broad SMARTS) is 1. The zero-order valence-corrected chi connectivity index (χ0v) is 14.5. The van der Waals surface area contributed by atoms with Gasteiger partial charge in [-0.3, -0.25) is 0 Å². The molecule has 0 spiro atoms. The third kappa shape index (κ3) is 3.51. The number of carboxylic acids is 1. The highest BCUT2D eigenvalue weighted by atomic mass is 16.5. The minimum Gasteiger partial charge on any atom is -0.497 e. The fourth-order valence-electron chi connectivity index (χ4n) is 3.16. The fourth-order valence-corrected chi connectivity index (χ4v) is 3.16. The van der Waals surface area contributed by atoms with Crippen molar-refractivity contribution in [2.45, 2.75) is 13.0 Å². The second-order valence-electron chi connectivity index (χ2n) is 5.99. The van der Waals surface area contributed by atoms with Gasteiger partial charge in [-0.1, -0.05) is 30.3 Å². The van der Waals surface area contributed by atoms with Gasteiger partial charge in [-0.15, -0.1) is 0 Å². The second kappa shape index (κ2) is 7.40. The molecule has 5 heteroatoms. The summed E-state index contributed by atoms with van der Waals surface area (Å²) < 4.78 is 6.97. The van der Waals surface area contributed by atoms with E-state index in [2.05, 4.69) is 17.4 Å². The maximum absolute atomic E-state index is 11.7. The van der Waals surface area contributed by atoms with Crippen LogP contribution in [0.5, 0.6) is 5.75 Å². The molecule has 0 saturated carbocycles. The number of fused-ring (bicyclic) bond motifs is 1. The predicted molar refractivity (Wildman–Crippen MR) is 98.3 cm³/mol. The zero-order chi connectivity index (χ0) is 17.8. The van der Waals surface area contributed by atoms with Gasteiger partial charge in [0.2, 0.25) is 0 Å². The lowest BCUT2D eigenvalue weighted by Gasteiger charge is -2.06. The van der Waals surface area contributed by atoms with Crippen molar-refractivity contribution in [2.75, 3.05) is 13.7 Å². The molecule has 0 aliphatic carbocycles. The topological polar surface area (TPSA) is 63.5 Å². The molecule has 25 heavy (non-hydrogen) atoms. The van der Waals surface area contributed by atoms with Gasteiger partial charge < -0.3 is 19.7 Å². The van der Waals surface area contributed by atoms with Crippen molar-refractivity contribution < 1.29 is 14.6 Å². The van der Waals surface area contributed by atoms with Gasteiger partial charge in [0, 0.05) is 30.6 Å². The predicted octanol–water partition coefficient (Wildman–Crippen LogP) is 3.22. The first-order valence-electron chi connectivity index (χ1n) is 8.25. The van der Waals surface area contributed by atoms with Crippen LogP contribution in [-0.2, 0) is 20.0 Å². The average Bonchev–Trinajstić information content (AvgIpc) is 2.91. The maximum Gasteiger partial charge on any atom is 0.352 e. The van der Waals surface area contributed by atoms with Crippen LogP contribution in [-0.4, -0.2) is 29.3 Å². The number of nitrogens with zero attached hydrogens (tertiary/aromatic N) is 1. The van der Waals surface area contributed by atoms with Crippen molar-refractivity contribution in [3.63, 3.8) is 0 Å². The summed E-state index contributed by atoms with van der Waals surface area (Å²) >= 11 is 0. The summed E-state index contributed by atoms with van der Waals surface area (Å²) in [5, 5.41) is 13.9. The first kappa shape index (κ1) is 17.0. The number of aromatic carboxylic acids is 1. The SMILES string of the molecule is COc1ccc2c(CNCCc3ccccc3)c(C(=O)O)n(C)c2c1. The highest BCUT2D eigenvalue weighted by molar-refractivity contribution is 5.98. The number of ether oxygens (including phenoxy) is 1. The molecule has 0 unspecified atom stereocenters. The molecule has 0 atom stereocenters. The van der Waals surface area contributed by atoms with Crippen molar-refractivity contribution in [3.8, 4) is 5.75 Å². The Morgan fingerprint density at radius 2 is 1.96 bits per heavy atom. The van der Waals surface area contributed by atoms with Crippen LogP contribution in [0.2, 0.25) is 0 Å². The van der Waals surface area contributed by atoms with Crippen LogP contribution in [0.25, 0.3) is 10.9 Å². The Morgan fingerprint density at radius 3 is 2.64 bits per heavy atom. The molecule has 3 rings (SSSR count). The summed E-state index contributed by atoms with van der Waals surface area (Å²) in [6, 6.07) is 15.9. The molecule has 1 aromatic heterocycles. The summed E-state index contributed by atoms with van der Waals surface area (Å²) in [5.74, 6) is -0.203. The first-order chi connectivity index (χ1) is 12.1. The Morgan fingerprint density at radius 1 is 1.20 bits per heavy atom. The zero-order valence-electron chi connectivity index (χ0n) is 14.5. The minimum atomic E-state index is -0.919. The van der Waals surface area contributed by atoms with E-state index in [1.54, 1.807) is 18.7 Å². The summed E-state index contributed by atoms with van der Waals surface area (Å²) in [7, 11) is 3.38. The summed E-state index contributed by atoms with van der Waals surface area (Å²) in [5.41, 5.74) is 3.24. The van der Waals surface area contributed by atoms with Crippen LogP contribution >= 0.6 is 0 Å². The van der Waals surface area contributed by atoms with E-state index in [0.717, 1.165) is 29.4 Å². The molecule has 0 bridgehead atoms. The number of rotatable bonds is 7. The number of benzene rings is 2. The highest BCUT2D eigenvalue weighted by Gasteiger charge is 2.20. The fraction of sp³-hybridized carbons (Fsp3) is 0.250. The second-order valence-corrected chi connectivity index (χ2v) is 5.99. The number of nitrogens with one attached hydrogen (secondary N) is 1. The van der Waals surface area contributed by atoms with Gasteiger partial charge in [0.1, 0.15) is 11.4 Å². The molecule has 130 valence electrons. The molecule has 0 aliphatic heterocycles. The van der Waals surface area contributed by atoms with E-state index in [4.69, 9.17) is 4.74 Å². The van der Waals surface area contributed by atoms with E-state index < -0.39 is 5.97 Å². The van der Waals surface area contributed by atoms with Crippen LogP contribution < -0.4 is 10.1 Å². The molecule has 3 aromatic rings. The van der Waals surface area contributed by atoms with Crippen LogP contribution in [0.3, 0.4) is 0 Å². The third-order valence-corrected chi connectivity index (χ3v) is 4.45. The lowest BCUT2D eigenvalue weighted by molar-refractivity contribution is 0.0685. The van der Waals surface area contributed by atoms with Crippen molar-refractivity contribution in [1.29, 1.82) is 0 Å². The van der Waals surface area contributed by atoms with E-state index >= 15 is 0 Å². The normalized spacial score (nSPS) is 11.0. The Kier molecular flexibility index (Phi) is 5.05. The molecule has 0 amide bonds. The summed E-state index contributed by atoms with van der Waals surface area (Å²) in [4.78, 5) is 11.7. The molecule has 5 nitrogen and oxygen atoms in total. The van der Waals surface area contributed by atoms with Gasteiger partial charge in [-0.2, -0.15) is 0 Å². The van der Waals surface area contributed by atoms with Crippen molar-refractivity contribution in [3.05, 3.63) is 65.4 Å². The van der Waals surface area contributed by atoms with Crippen molar-refractivity contribution >= 4 is 16.9 Å². The Hall–Kier alpha value is -2.79. The molecule has 0 fully saturated rings. The molecule has 2 N–H and O–H groups in total. The van der Waals surface area contributed by atoms with E-state index in [1.807, 2.05) is 36.4 Å². The summed E-state index contributed by atoms with van der Waals surface area (Å²) in [6.45, 7) is 1.30. The molecule has 0 aliphatic rings. The van der Waals surface area contributed by atoms with E-state index in [-0.39, 0.29) is 0 Å². The number of carbonyl (C=O) groups is 1. The lowest BCUT2D eigenvalue weighted by Crippen LogP contribution is -2.19. The van der Waals surface area contributed by atoms with E-state index in [9.17, 15) is 9.90 Å². The van der Waals surface area contributed by atoms with Gasteiger partial charge >= 0.3 is 5.97 Å². The van der Waals surface area contributed by atoms with Gasteiger partial charge in [0.25, 0.3) is 0 Å². The number of aryl methyl sites for hydroxylation is 1. The van der Waals surface area contributed by atoms with Crippen LogP contribution in [0.15, 0.2) is 48.5 Å². The maximum atomic E-state index is 11.7. The Balaban J connectivity index is 1.82. The standard InChI is InChI=1S/C20H22N2O3/c1-22-18-12-15(25-2)8-9-16(18)17(19(22)20(23)24)13-21-11-10-14-6-4-3-5-7-14/h3-9,12,21H,10-11,13H2,1-2H3,(H,23,24). The van der Waals surface area contributed by atoms with Crippen LogP contribution in [0, 0.1) is 0 Å². The third-order valence-electron chi connectivity index (χ3n) is 4.45. The number of hydrogen-bond donors (Lipinski definition) is 2. The largest absolute Gasteiger partial charge is 0.497 e. The number of methoxy groups -OCH3 is 1. The average molecular weight is 338 g/mol.